The molecule has 2 aliphatic carbocycles. The Kier molecular flexibility index (Phi) is 2.44. The number of carbonyl (C=O) groups is 1. The molecule has 0 unspecified atom stereocenters. The van der Waals surface area contributed by atoms with E-state index in [4.69, 9.17) is 4.74 Å². The van der Waals surface area contributed by atoms with E-state index in [1.54, 1.807) is 0 Å². The van der Waals surface area contributed by atoms with Gasteiger partial charge in [0.15, 0.2) is 0 Å². The zero-order valence-electron chi connectivity index (χ0n) is 11.5. The molecule has 0 saturated heterocycles. The van der Waals surface area contributed by atoms with Gasteiger partial charge in [-0.15, -0.1) is 0 Å². The lowest BCUT2D eigenvalue weighted by Gasteiger charge is -2.56. The highest BCUT2D eigenvalue weighted by Crippen LogP contribution is 2.58. The van der Waals surface area contributed by atoms with Gasteiger partial charge in [-0.2, -0.15) is 0 Å². The van der Waals surface area contributed by atoms with Crippen LogP contribution in [0.5, 0.6) is 0 Å². The molecule has 1 aliphatic heterocycles. The molecule has 3 rings (SSSR count). The summed E-state index contributed by atoms with van der Waals surface area (Å²) in [4.78, 5) is 11.7. The molecule has 0 spiro atoms. The quantitative estimate of drug-likeness (QED) is 0.672. The van der Waals surface area contributed by atoms with E-state index in [9.17, 15) is 9.90 Å². The Bertz CT molecular complexity index is 439. The molecule has 0 bridgehead atoms. The van der Waals surface area contributed by atoms with Crippen molar-refractivity contribution in [2.45, 2.75) is 64.6 Å². The van der Waals surface area contributed by atoms with Crippen LogP contribution in [0.4, 0.5) is 0 Å². The van der Waals surface area contributed by atoms with Crippen LogP contribution in [-0.4, -0.2) is 22.8 Å². The molecule has 0 aromatic rings. The number of fused-ring (bicyclic) bond motifs is 2. The Morgan fingerprint density at radius 3 is 2.89 bits per heavy atom. The van der Waals surface area contributed by atoms with E-state index in [0.717, 1.165) is 30.4 Å². The van der Waals surface area contributed by atoms with Crippen molar-refractivity contribution in [2.75, 3.05) is 0 Å². The zero-order valence-corrected chi connectivity index (χ0v) is 11.5. The number of carbonyl (C=O) groups excluding carboxylic acids is 1. The molecule has 0 aromatic carbocycles. The van der Waals surface area contributed by atoms with Gasteiger partial charge < -0.3 is 9.84 Å². The summed E-state index contributed by atoms with van der Waals surface area (Å²) >= 11 is 0. The summed E-state index contributed by atoms with van der Waals surface area (Å²) in [5, 5.41) is 11.0. The average Bonchev–Trinajstić information content (AvgIpc) is 2.55. The first-order chi connectivity index (χ1) is 8.37. The fourth-order valence-corrected chi connectivity index (χ4v) is 4.21. The lowest BCUT2D eigenvalue weighted by Crippen LogP contribution is -2.57. The van der Waals surface area contributed by atoms with E-state index in [1.807, 2.05) is 6.92 Å². The van der Waals surface area contributed by atoms with Crippen LogP contribution in [0.1, 0.15) is 52.9 Å². The molecule has 3 heteroatoms. The van der Waals surface area contributed by atoms with Gasteiger partial charge in [-0.25, -0.2) is 4.79 Å². The van der Waals surface area contributed by atoms with Gasteiger partial charge in [-0.05, 0) is 37.7 Å². The molecule has 1 heterocycles. The Labute approximate surface area is 108 Å². The van der Waals surface area contributed by atoms with E-state index in [0.29, 0.717) is 12.3 Å². The van der Waals surface area contributed by atoms with Gasteiger partial charge in [0.05, 0.1) is 5.60 Å². The van der Waals surface area contributed by atoms with Crippen molar-refractivity contribution in [2.24, 2.45) is 11.3 Å². The maximum atomic E-state index is 11.7. The van der Waals surface area contributed by atoms with Crippen LogP contribution in [0.2, 0.25) is 0 Å². The third kappa shape index (κ3) is 1.37. The summed E-state index contributed by atoms with van der Waals surface area (Å²) in [6, 6.07) is 0. The van der Waals surface area contributed by atoms with Crippen molar-refractivity contribution in [3.05, 3.63) is 11.1 Å². The summed E-state index contributed by atoms with van der Waals surface area (Å²) in [6.07, 6.45) is 4.32. The number of hydrogen-bond donors (Lipinski definition) is 1. The standard InChI is InChI=1S/C15H22O3/c1-9-5-4-6-15(17)8-12-11(7-14(9,15)3)10(2)13(16)18-12/h9,12,17H,4-8H2,1-3H3/t9-,12+,14+,15-/m0/s1. The molecule has 2 fully saturated rings. The second-order valence-corrected chi connectivity index (χ2v) is 6.67. The average molecular weight is 250 g/mol. The fraction of sp³-hybridized carbons (Fsp3) is 0.800. The Hall–Kier alpha value is -0.830. The largest absolute Gasteiger partial charge is 0.454 e. The van der Waals surface area contributed by atoms with E-state index in [1.165, 1.54) is 6.42 Å². The monoisotopic (exact) mass is 250 g/mol. The first-order valence-corrected chi connectivity index (χ1v) is 7.00. The molecule has 100 valence electrons. The van der Waals surface area contributed by atoms with Crippen LogP contribution in [-0.2, 0) is 9.53 Å². The van der Waals surface area contributed by atoms with Crippen molar-refractivity contribution in [1.29, 1.82) is 0 Å². The Morgan fingerprint density at radius 1 is 1.44 bits per heavy atom. The van der Waals surface area contributed by atoms with Crippen LogP contribution in [0.25, 0.3) is 0 Å². The van der Waals surface area contributed by atoms with Gasteiger partial charge >= 0.3 is 5.97 Å². The summed E-state index contributed by atoms with van der Waals surface area (Å²) < 4.78 is 5.40. The minimum absolute atomic E-state index is 0.105. The third-order valence-corrected chi connectivity index (χ3v) is 5.88. The summed E-state index contributed by atoms with van der Waals surface area (Å²) in [5.74, 6) is 0.307. The minimum Gasteiger partial charge on any atom is -0.454 e. The Balaban J connectivity index is 2.03. The van der Waals surface area contributed by atoms with Gasteiger partial charge in [0, 0.05) is 17.4 Å². The number of esters is 1. The molecule has 0 radical (unpaired) electrons. The van der Waals surface area contributed by atoms with Crippen LogP contribution in [0.3, 0.4) is 0 Å². The topological polar surface area (TPSA) is 46.5 Å². The predicted octanol–water partition coefficient (Wildman–Crippen LogP) is 2.58. The van der Waals surface area contributed by atoms with Crippen molar-refractivity contribution >= 4 is 5.97 Å². The van der Waals surface area contributed by atoms with Crippen molar-refractivity contribution in [3.63, 3.8) is 0 Å². The van der Waals surface area contributed by atoms with Crippen molar-refractivity contribution < 1.29 is 14.6 Å². The SMILES string of the molecule is CC1=C2C[C@]3(C)[C@@H](C)CCC[C@]3(O)C[C@H]2OC1=O. The minimum atomic E-state index is -0.663. The summed E-state index contributed by atoms with van der Waals surface area (Å²) in [5.41, 5.74) is 1.15. The van der Waals surface area contributed by atoms with Crippen molar-refractivity contribution in [3.8, 4) is 0 Å². The second kappa shape index (κ2) is 3.60. The van der Waals surface area contributed by atoms with E-state index < -0.39 is 5.60 Å². The number of hydrogen-bond acceptors (Lipinski definition) is 3. The third-order valence-electron chi connectivity index (χ3n) is 5.88. The molecule has 1 N–H and O–H groups in total. The number of rotatable bonds is 0. The van der Waals surface area contributed by atoms with Crippen LogP contribution in [0.15, 0.2) is 11.1 Å². The molecular weight excluding hydrogens is 228 g/mol. The highest BCUT2D eigenvalue weighted by atomic mass is 16.5. The molecular formula is C15H22O3. The van der Waals surface area contributed by atoms with Gasteiger partial charge in [0.2, 0.25) is 0 Å². The molecule has 2 saturated carbocycles. The van der Waals surface area contributed by atoms with E-state index >= 15 is 0 Å². The smallest absolute Gasteiger partial charge is 0.334 e. The van der Waals surface area contributed by atoms with Gasteiger partial charge in [0.25, 0.3) is 0 Å². The van der Waals surface area contributed by atoms with E-state index in [2.05, 4.69) is 13.8 Å². The molecule has 3 nitrogen and oxygen atoms in total. The molecule has 0 amide bonds. The van der Waals surface area contributed by atoms with Gasteiger partial charge in [-0.3, -0.25) is 0 Å². The maximum absolute atomic E-state index is 11.7. The van der Waals surface area contributed by atoms with Crippen LogP contribution < -0.4 is 0 Å². The zero-order chi connectivity index (χ0) is 13.1. The summed E-state index contributed by atoms with van der Waals surface area (Å²) in [7, 11) is 0. The van der Waals surface area contributed by atoms with Crippen LogP contribution >= 0.6 is 0 Å². The lowest BCUT2D eigenvalue weighted by molar-refractivity contribution is -0.172. The molecule has 3 aliphatic rings. The van der Waals surface area contributed by atoms with Crippen LogP contribution in [0, 0.1) is 11.3 Å². The molecule has 18 heavy (non-hydrogen) atoms. The fourth-order valence-electron chi connectivity index (χ4n) is 4.21. The lowest BCUT2D eigenvalue weighted by atomic mass is 9.52. The number of aliphatic hydroxyl groups is 1. The predicted molar refractivity (Wildman–Crippen MR) is 67.9 cm³/mol. The highest BCUT2D eigenvalue weighted by molar-refractivity contribution is 5.91. The first-order valence-electron chi connectivity index (χ1n) is 7.00. The van der Waals surface area contributed by atoms with Gasteiger partial charge in [-0.1, -0.05) is 20.3 Å². The first kappa shape index (κ1) is 12.2. The molecule has 0 aromatic heterocycles. The normalized spacial score (nSPS) is 47.7. The maximum Gasteiger partial charge on any atom is 0.334 e. The Morgan fingerprint density at radius 2 is 2.17 bits per heavy atom. The van der Waals surface area contributed by atoms with Gasteiger partial charge in [0.1, 0.15) is 6.10 Å². The highest BCUT2D eigenvalue weighted by Gasteiger charge is 2.58. The van der Waals surface area contributed by atoms with Crippen molar-refractivity contribution in [1.82, 2.24) is 0 Å². The second-order valence-electron chi connectivity index (χ2n) is 6.67. The molecule has 4 atom stereocenters. The number of ether oxygens (including phenoxy) is 1. The summed E-state index contributed by atoms with van der Waals surface area (Å²) in [6.45, 7) is 6.28. The van der Waals surface area contributed by atoms with E-state index in [-0.39, 0.29) is 17.5 Å².